The Hall–Kier alpha value is -1.42. The zero-order valence-corrected chi connectivity index (χ0v) is 17.5. The highest BCUT2D eigenvalue weighted by Gasteiger charge is 2.61. The van der Waals surface area contributed by atoms with Crippen LogP contribution in [0, 0.1) is 34.5 Å². The minimum Gasteiger partial charge on any atom is -0.393 e. The van der Waals surface area contributed by atoms with Gasteiger partial charge < -0.3 is 5.11 Å². The average Bonchev–Trinajstić information content (AvgIpc) is 3.18. The number of rotatable bonds is 1. The molecule has 1 aromatic rings. The molecule has 1 heterocycles. The highest BCUT2D eigenvalue weighted by atomic mass is 16.3. The minimum atomic E-state index is -0.174. The minimum absolute atomic E-state index is 0.0921. The smallest absolute Gasteiger partial charge is 0.165 e. The standard InChI is InChI=1S/C24H34N2O2/c1-23-8-6-18(27)12-17(23)4-5-19-20(23)7-9-24(2)21(19)11-16(22(24)28)10-15-13-25-26(3)14-15/h10,13-14,17-21,27H,4-9,11-12H2,1-3H3/b16-10-/t17-,18+,19-,20+,21+,23-,24+/m0/s1. The van der Waals surface area contributed by atoms with Crippen molar-refractivity contribution in [2.24, 2.45) is 41.5 Å². The summed E-state index contributed by atoms with van der Waals surface area (Å²) in [6.45, 7) is 4.76. The lowest BCUT2D eigenvalue weighted by atomic mass is 9.45. The largest absolute Gasteiger partial charge is 0.393 e. The molecule has 1 N–H and O–H groups in total. The van der Waals surface area contributed by atoms with Crippen molar-refractivity contribution in [3.05, 3.63) is 23.5 Å². The summed E-state index contributed by atoms with van der Waals surface area (Å²) in [7, 11) is 1.92. The van der Waals surface area contributed by atoms with Gasteiger partial charge in [0.25, 0.3) is 0 Å². The van der Waals surface area contributed by atoms with E-state index in [-0.39, 0.29) is 11.5 Å². The van der Waals surface area contributed by atoms with Crippen LogP contribution in [-0.4, -0.2) is 26.8 Å². The number of aryl methyl sites for hydroxylation is 1. The average molecular weight is 383 g/mol. The maximum atomic E-state index is 13.4. The monoisotopic (exact) mass is 382 g/mol. The molecule has 0 unspecified atom stereocenters. The Bertz CT molecular complexity index is 826. The molecule has 4 saturated carbocycles. The number of Topliss-reactive ketones (excluding diaryl/α,β-unsaturated/α-hetero) is 1. The van der Waals surface area contributed by atoms with Crippen LogP contribution in [-0.2, 0) is 11.8 Å². The Morgan fingerprint density at radius 2 is 2.00 bits per heavy atom. The van der Waals surface area contributed by atoms with Gasteiger partial charge in [-0.1, -0.05) is 13.8 Å². The predicted molar refractivity (Wildman–Crippen MR) is 109 cm³/mol. The zero-order chi connectivity index (χ0) is 19.7. The van der Waals surface area contributed by atoms with Crippen molar-refractivity contribution in [2.45, 2.75) is 71.3 Å². The number of aromatic nitrogens is 2. The number of aliphatic hydroxyl groups excluding tert-OH is 1. The van der Waals surface area contributed by atoms with Gasteiger partial charge in [0.1, 0.15) is 0 Å². The maximum absolute atomic E-state index is 13.4. The molecule has 0 bridgehead atoms. The Labute approximate surface area is 168 Å². The molecule has 152 valence electrons. The van der Waals surface area contributed by atoms with Gasteiger partial charge in [0.05, 0.1) is 12.3 Å². The SMILES string of the molecule is Cn1cc(/C=C2/C[C@@H]3[C@H]4CC[C@H]5C[C@H](O)CC[C@]5(C)[C@@H]4CC[C@@]3(C)C2=O)cn1. The van der Waals surface area contributed by atoms with Gasteiger partial charge in [-0.15, -0.1) is 0 Å². The number of hydrogen-bond donors (Lipinski definition) is 1. The molecule has 4 nitrogen and oxygen atoms in total. The van der Waals surface area contributed by atoms with Gasteiger partial charge in [0.2, 0.25) is 0 Å². The van der Waals surface area contributed by atoms with Crippen molar-refractivity contribution < 1.29 is 9.90 Å². The fourth-order valence-electron chi connectivity index (χ4n) is 7.75. The molecule has 1 aromatic heterocycles. The molecule has 7 atom stereocenters. The topological polar surface area (TPSA) is 55.1 Å². The molecule has 4 fully saturated rings. The molecule has 5 rings (SSSR count). The summed E-state index contributed by atoms with van der Waals surface area (Å²) >= 11 is 0. The summed E-state index contributed by atoms with van der Waals surface area (Å²) < 4.78 is 1.80. The second-order valence-corrected chi connectivity index (χ2v) is 10.7. The summed E-state index contributed by atoms with van der Waals surface area (Å²) in [5, 5.41) is 14.5. The third-order valence-corrected chi connectivity index (χ3v) is 9.34. The van der Waals surface area contributed by atoms with E-state index < -0.39 is 0 Å². The summed E-state index contributed by atoms with van der Waals surface area (Å²) in [6.07, 6.45) is 14.6. The Morgan fingerprint density at radius 3 is 2.75 bits per heavy atom. The Balaban J connectivity index is 1.45. The van der Waals surface area contributed by atoms with Crippen LogP contribution in [0.5, 0.6) is 0 Å². The first kappa shape index (κ1) is 18.6. The number of fused-ring (bicyclic) bond motifs is 5. The van der Waals surface area contributed by atoms with Gasteiger partial charge in [-0.25, -0.2) is 0 Å². The van der Waals surface area contributed by atoms with Gasteiger partial charge in [0, 0.05) is 24.2 Å². The van der Waals surface area contributed by atoms with Gasteiger partial charge >= 0.3 is 0 Å². The number of carbonyl (C=O) groups excluding carboxylic acids is 1. The summed E-state index contributed by atoms with van der Waals surface area (Å²) in [4.78, 5) is 13.4. The zero-order valence-electron chi connectivity index (χ0n) is 17.5. The Morgan fingerprint density at radius 1 is 1.18 bits per heavy atom. The third-order valence-electron chi connectivity index (χ3n) is 9.34. The van der Waals surface area contributed by atoms with E-state index in [0.29, 0.717) is 29.0 Å². The van der Waals surface area contributed by atoms with E-state index in [2.05, 4.69) is 25.0 Å². The molecule has 4 aliphatic carbocycles. The first-order valence-electron chi connectivity index (χ1n) is 11.2. The maximum Gasteiger partial charge on any atom is 0.165 e. The van der Waals surface area contributed by atoms with Gasteiger partial charge in [-0.3, -0.25) is 9.48 Å². The molecular weight excluding hydrogens is 348 g/mol. The van der Waals surface area contributed by atoms with Crippen LogP contribution < -0.4 is 0 Å². The molecule has 28 heavy (non-hydrogen) atoms. The van der Waals surface area contributed by atoms with Crippen molar-refractivity contribution in [3.63, 3.8) is 0 Å². The van der Waals surface area contributed by atoms with Crippen LogP contribution in [0.15, 0.2) is 18.0 Å². The van der Waals surface area contributed by atoms with E-state index in [1.807, 2.05) is 19.4 Å². The first-order chi connectivity index (χ1) is 13.3. The number of ketones is 1. The molecule has 0 aromatic carbocycles. The normalized spacial score (nSPS) is 46.9. The molecule has 0 spiro atoms. The number of aliphatic hydroxyl groups is 1. The molecule has 0 aliphatic heterocycles. The lowest BCUT2D eigenvalue weighted by Crippen LogP contribution is -2.54. The van der Waals surface area contributed by atoms with E-state index in [1.165, 1.54) is 19.3 Å². The molecule has 0 amide bonds. The summed E-state index contributed by atoms with van der Waals surface area (Å²) in [5.41, 5.74) is 2.25. The van der Waals surface area contributed by atoms with E-state index >= 15 is 0 Å². The van der Waals surface area contributed by atoms with Gasteiger partial charge in [0.15, 0.2) is 5.78 Å². The lowest BCUT2D eigenvalue weighted by molar-refractivity contribution is -0.141. The predicted octanol–water partition coefficient (Wildman–Crippen LogP) is 4.39. The van der Waals surface area contributed by atoms with Crippen molar-refractivity contribution in [3.8, 4) is 0 Å². The second kappa shape index (κ2) is 6.29. The summed E-state index contributed by atoms with van der Waals surface area (Å²) in [5.74, 6) is 2.95. The summed E-state index contributed by atoms with van der Waals surface area (Å²) in [6, 6.07) is 0. The Kier molecular flexibility index (Phi) is 4.18. The van der Waals surface area contributed by atoms with Crippen LogP contribution in [0.25, 0.3) is 6.08 Å². The number of hydrogen-bond acceptors (Lipinski definition) is 3. The number of carbonyl (C=O) groups is 1. The van der Waals surface area contributed by atoms with E-state index in [0.717, 1.165) is 49.2 Å². The quantitative estimate of drug-likeness (QED) is 0.733. The third kappa shape index (κ3) is 2.59. The van der Waals surface area contributed by atoms with E-state index in [4.69, 9.17) is 0 Å². The van der Waals surface area contributed by atoms with Crippen LogP contribution in [0.1, 0.15) is 70.8 Å². The van der Waals surface area contributed by atoms with Gasteiger partial charge in [-0.05, 0) is 92.1 Å². The van der Waals surface area contributed by atoms with Crippen LogP contribution in [0.4, 0.5) is 0 Å². The van der Waals surface area contributed by atoms with Crippen LogP contribution in [0.3, 0.4) is 0 Å². The molecule has 4 heteroatoms. The van der Waals surface area contributed by atoms with Crippen molar-refractivity contribution in [2.75, 3.05) is 0 Å². The van der Waals surface area contributed by atoms with Crippen LogP contribution in [0.2, 0.25) is 0 Å². The van der Waals surface area contributed by atoms with Crippen molar-refractivity contribution in [1.82, 2.24) is 9.78 Å². The highest BCUT2D eigenvalue weighted by Crippen LogP contribution is 2.66. The first-order valence-corrected chi connectivity index (χ1v) is 11.2. The molecule has 0 radical (unpaired) electrons. The van der Waals surface area contributed by atoms with Crippen molar-refractivity contribution in [1.29, 1.82) is 0 Å². The highest BCUT2D eigenvalue weighted by molar-refractivity contribution is 6.05. The fourth-order valence-corrected chi connectivity index (χ4v) is 7.75. The second-order valence-electron chi connectivity index (χ2n) is 10.7. The number of nitrogens with zero attached hydrogens (tertiary/aromatic N) is 2. The fraction of sp³-hybridized carbons (Fsp3) is 0.750. The van der Waals surface area contributed by atoms with Crippen molar-refractivity contribution >= 4 is 11.9 Å². The van der Waals surface area contributed by atoms with Crippen LogP contribution >= 0.6 is 0 Å². The van der Waals surface area contributed by atoms with E-state index in [1.54, 1.807) is 4.68 Å². The van der Waals surface area contributed by atoms with E-state index in [9.17, 15) is 9.90 Å². The number of allylic oxidation sites excluding steroid dienone is 1. The lowest BCUT2D eigenvalue weighted by Gasteiger charge is -2.59. The molecule has 4 aliphatic rings. The molecular formula is C24H34N2O2. The van der Waals surface area contributed by atoms with Gasteiger partial charge in [-0.2, -0.15) is 5.10 Å². The molecule has 0 saturated heterocycles.